The number of unbranched alkanes of at least 4 members (excludes halogenated alkanes) is 10. The second-order valence-electron chi connectivity index (χ2n) is 14.6. The van der Waals surface area contributed by atoms with Crippen LogP contribution in [0.5, 0.6) is 0 Å². The minimum absolute atomic E-state index is 0. The van der Waals surface area contributed by atoms with E-state index in [1.54, 1.807) is 11.1 Å². The van der Waals surface area contributed by atoms with Crippen molar-refractivity contribution in [2.75, 3.05) is 0 Å². The van der Waals surface area contributed by atoms with Gasteiger partial charge in [-0.15, -0.1) is 5.92 Å². The van der Waals surface area contributed by atoms with Crippen molar-refractivity contribution in [1.29, 1.82) is 0 Å². The minimum Gasteiger partial charge on any atom is -0.493 e. The van der Waals surface area contributed by atoms with Crippen molar-refractivity contribution in [2.24, 2.45) is 0 Å². The summed E-state index contributed by atoms with van der Waals surface area (Å²) < 4.78 is 1.50. The molecule has 0 aromatic heterocycles. The van der Waals surface area contributed by atoms with Gasteiger partial charge in [0.2, 0.25) is 11.4 Å². The summed E-state index contributed by atoms with van der Waals surface area (Å²) in [4.78, 5) is 0. The van der Waals surface area contributed by atoms with Gasteiger partial charge in [-0.3, -0.25) is 0 Å². The molecule has 0 saturated carbocycles. The standard InChI is InChI=1S/C47H70N2.2CH3.Ni/c1-8-15-21-26-37-32-42(33-38(27-22-16-9-2)44(37)30-19-12-5)46-36-41(25-14-7)47(49(46)48)43-34-39(28-23-17-10-3)45(31-20-13-6)40(35-43)29-24-18-11-4;;;/h32-36H,8-13,15-24,26-31H2,1-7H3;2*1H3;/q;2*-1;+2. The molecule has 1 aliphatic rings. The van der Waals surface area contributed by atoms with E-state index in [0.717, 1.165) is 66.6 Å². The Balaban J connectivity index is 0.00000867. The fraction of sp³-hybridized carbons (Fsp3) is 0.592. The minimum atomic E-state index is 0. The third-order valence-electron chi connectivity index (χ3n) is 10.4. The number of aryl methyl sites for hydroxylation is 4. The van der Waals surface area contributed by atoms with E-state index in [1.807, 2.05) is 6.92 Å². The van der Waals surface area contributed by atoms with Crippen LogP contribution >= 0.6 is 0 Å². The monoisotopic (exact) mass is 751 g/mol. The Bertz CT molecular complexity index is 1400. The zero-order valence-corrected chi connectivity index (χ0v) is 36.1. The van der Waals surface area contributed by atoms with Crippen LogP contribution in [0.2, 0.25) is 0 Å². The first-order chi connectivity index (χ1) is 24.0. The number of benzene rings is 2. The van der Waals surface area contributed by atoms with Crippen molar-refractivity contribution in [1.82, 2.24) is 0 Å². The predicted molar refractivity (Wildman–Crippen MR) is 228 cm³/mol. The van der Waals surface area contributed by atoms with Gasteiger partial charge in [0.25, 0.3) is 0 Å². The van der Waals surface area contributed by atoms with E-state index in [0.29, 0.717) is 0 Å². The molecule has 52 heavy (non-hydrogen) atoms. The molecule has 0 amide bonds. The van der Waals surface area contributed by atoms with E-state index < -0.39 is 0 Å². The maximum atomic E-state index is 12.2. The Kier molecular flexibility index (Phi) is 26.8. The molecule has 0 atom stereocenters. The van der Waals surface area contributed by atoms with Crippen molar-refractivity contribution >= 4 is 11.4 Å². The second-order valence-corrected chi connectivity index (χ2v) is 14.6. The molecule has 2 aromatic rings. The van der Waals surface area contributed by atoms with Crippen LogP contribution in [0.3, 0.4) is 0 Å². The molecule has 0 N–H and O–H groups in total. The molecule has 292 valence electrons. The number of allylic oxidation sites excluding steroid dienone is 2. The van der Waals surface area contributed by atoms with Crippen molar-refractivity contribution in [3.63, 3.8) is 0 Å². The first-order valence-electron chi connectivity index (χ1n) is 20.6. The first-order valence-corrected chi connectivity index (χ1v) is 20.6. The molecule has 3 rings (SSSR count). The third kappa shape index (κ3) is 14.4. The van der Waals surface area contributed by atoms with Gasteiger partial charge in [-0.2, -0.15) is 0 Å². The van der Waals surface area contributed by atoms with Gasteiger partial charge in [0.15, 0.2) is 0 Å². The van der Waals surface area contributed by atoms with Crippen LogP contribution < -0.4 is 0 Å². The number of nitrogens with zero attached hydrogens (tertiary/aromatic N) is 2. The van der Waals surface area contributed by atoms with Crippen LogP contribution in [-0.4, -0.2) is 4.70 Å². The van der Waals surface area contributed by atoms with Crippen LogP contribution in [0, 0.1) is 26.7 Å². The average Bonchev–Trinajstić information content (AvgIpc) is 3.42. The van der Waals surface area contributed by atoms with E-state index in [4.69, 9.17) is 0 Å². The first kappa shape index (κ1) is 49.6. The maximum Gasteiger partial charge on any atom is 2.00 e. The summed E-state index contributed by atoms with van der Waals surface area (Å²) >= 11 is 0. The molecule has 0 fully saturated rings. The summed E-state index contributed by atoms with van der Waals surface area (Å²) in [6, 6.07) is 9.66. The predicted octanol–water partition coefficient (Wildman–Crippen LogP) is 15.0. The quantitative estimate of drug-likeness (QED) is 0.0336. The van der Waals surface area contributed by atoms with Gasteiger partial charge in [-0.25, -0.2) is 4.70 Å². The summed E-state index contributed by atoms with van der Waals surface area (Å²) in [7, 11) is 0. The van der Waals surface area contributed by atoms with E-state index >= 15 is 0 Å². The molecule has 1 aliphatic heterocycles. The van der Waals surface area contributed by atoms with Crippen LogP contribution in [0.25, 0.3) is 16.9 Å². The fourth-order valence-corrected chi connectivity index (χ4v) is 7.60. The van der Waals surface area contributed by atoms with E-state index in [1.165, 1.54) is 130 Å². The van der Waals surface area contributed by atoms with Gasteiger partial charge in [-0.05, 0) is 142 Å². The molecule has 2 nitrogen and oxygen atoms in total. The summed E-state index contributed by atoms with van der Waals surface area (Å²) in [5, 5.41) is 0. The van der Waals surface area contributed by atoms with Gasteiger partial charge < -0.3 is 20.4 Å². The molecule has 0 saturated heterocycles. The zero-order valence-electron chi connectivity index (χ0n) is 35.2. The van der Waals surface area contributed by atoms with Gasteiger partial charge in [0.1, 0.15) is 5.57 Å². The molecule has 0 unspecified atom stereocenters. The summed E-state index contributed by atoms with van der Waals surface area (Å²) in [6.07, 6.45) is 28.6. The molecule has 0 aliphatic carbocycles. The molecule has 3 heteroatoms. The van der Waals surface area contributed by atoms with E-state index in [9.17, 15) is 5.53 Å². The molecule has 1 heterocycles. The Morgan fingerprint density at radius 1 is 0.500 bits per heavy atom. The molecular formula is C49H76N2Ni. The van der Waals surface area contributed by atoms with Gasteiger partial charge in [-0.1, -0.05) is 112 Å². The SMILES string of the molecule is CC#CC1=C(c2cc(CCCCC)c(CCCC)c(CCCCC)c2)[N+](=[N-])C(c2cc(CCCCC)c(CCCC)c(CCCCC)c2)=C1.[CH3-].[CH3-].[Ni+2]. The summed E-state index contributed by atoms with van der Waals surface area (Å²) in [6.45, 7) is 15.7. The molecular weight excluding hydrogens is 675 g/mol. The Hall–Kier alpha value is -2.43. The summed E-state index contributed by atoms with van der Waals surface area (Å²) in [5.41, 5.74) is 26.3. The van der Waals surface area contributed by atoms with Crippen molar-refractivity contribution in [3.05, 3.63) is 101 Å². The topological polar surface area (TPSA) is 25.3 Å². The Morgan fingerprint density at radius 3 is 1.17 bits per heavy atom. The van der Waals surface area contributed by atoms with Crippen LogP contribution in [0.1, 0.15) is 196 Å². The summed E-state index contributed by atoms with van der Waals surface area (Å²) in [5.74, 6) is 6.61. The van der Waals surface area contributed by atoms with Crippen LogP contribution in [-0.2, 0) is 55.0 Å². The van der Waals surface area contributed by atoms with Gasteiger partial charge in [0, 0.05) is 17.2 Å². The average molecular weight is 752 g/mol. The Labute approximate surface area is 333 Å². The molecule has 0 spiro atoms. The van der Waals surface area contributed by atoms with Crippen molar-refractivity contribution in [2.45, 2.75) is 190 Å². The smallest absolute Gasteiger partial charge is 0.493 e. The fourth-order valence-electron chi connectivity index (χ4n) is 7.60. The Morgan fingerprint density at radius 2 is 0.846 bits per heavy atom. The molecule has 0 bridgehead atoms. The van der Waals surface area contributed by atoms with Crippen molar-refractivity contribution in [3.8, 4) is 11.8 Å². The molecule has 0 radical (unpaired) electrons. The van der Waals surface area contributed by atoms with Gasteiger partial charge in [0.05, 0.1) is 0 Å². The number of hydrogen-bond donors (Lipinski definition) is 0. The van der Waals surface area contributed by atoms with Crippen molar-refractivity contribution < 1.29 is 21.2 Å². The number of hydrogen-bond acceptors (Lipinski definition) is 0. The van der Waals surface area contributed by atoms with E-state index in [-0.39, 0.29) is 31.3 Å². The normalized spacial score (nSPS) is 12.1. The van der Waals surface area contributed by atoms with E-state index in [2.05, 4.69) is 83.7 Å². The van der Waals surface area contributed by atoms with Crippen LogP contribution in [0.15, 0.2) is 35.9 Å². The van der Waals surface area contributed by atoms with Crippen LogP contribution in [0.4, 0.5) is 0 Å². The zero-order chi connectivity index (χ0) is 35.4. The maximum absolute atomic E-state index is 12.2. The third-order valence-corrected chi connectivity index (χ3v) is 10.4. The molecule has 2 aromatic carbocycles. The number of rotatable bonds is 24. The van der Waals surface area contributed by atoms with Gasteiger partial charge >= 0.3 is 16.5 Å². The largest absolute Gasteiger partial charge is 2.00 e. The second kappa shape index (κ2) is 28.1.